The van der Waals surface area contributed by atoms with Crippen LogP contribution >= 0.6 is 0 Å². The van der Waals surface area contributed by atoms with Crippen molar-refractivity contribution in [2.75, 3.05) is 13.1 Å². The first-order chi connectivity index (χ1) is 7.90. The summed E-state index contributed by atoms with van der Waals surface area (Å²) in [5, 5.41) is 0. The number of hydrogen-bond donors (Lipinski definition) is 1. The summed E-state index contributed by atoms with van der Waals surface area (Å²) in [6, 6.07) is -0.638. The van der Waals surface area contributed by atoms with E-state index in [9.17, 15) is 8.78 Å². The van der Waals surface area contributed by atoms with Gasteiger partial charge in [0.2, 0.25) is 0 Å². The molecule has 0 aromatic rings. The molecule has 5 heteroatoms. The van der Waals surface area contributed by atoms with Crippen molar-refractivity contribution in [2.24, 2.45) is 5.73 Å². The smallest absolute Gasteiger partial charge is 0.265 e. The lowest BCUT2D eigenvalue weighted by atomic mass is 9.89. The quantitative estimate of drug-likeness (QED) is 0.824. The van der Waals surface area contributed by atoms with E-state index in [1.54, 1.807) is 0 Å². The zero-order valence-corrected chi connectivity index (χ0v) is 10.5. The van der Waals surface area contributed by atoms with Gasteiger partial charge in [0.1, 0.15) is 0 Å². The monoisotopic (exact) mass is 248 g/mol. The molecule has 100 valence electrons. The molecule has 2 aliphatic rings. The molecule has 2 rings (SSSR count). The van der Waals surface area contributed by atoms with Crippen LogP contribution in [0, 0.1) is 0 Å². The summed E-state index contributed by atoms with van der Waals surface area (Å²) >= 11 is 0. The third-order valence-corrected chi connectivity index (χ3v) is 3.86. The fraction of sp³-hybridized carbons (Fsp3) is 1.00. The molecular weight excluding hydrogens is 226 g/mol. The Hall–Kier alpha value is -0.260. The van der Waals surface area contributed by atoms with Gasteiger partial charge in [-0.1, -0.05) is 0 Å². The van der Waals surface area contributed by atoms with Crippen LogP contribution in [0.25, 0.3) is 0 Å². The minimum Gasteiger partial charge on any atom is -0.370 e. The Labute approximate surface area is 101 Å². The van der Waals surface area contributed by atoms with Crippen molar-refractivity contribution in [3.05, 3.63) is 0 Å². The maximum Gasteiger partial charge on any atom is 0.265 e. The minimum absolute atomic E-state index is 0.0855. The van der Waals surface area contributed by atoms with Gasteiger partial charge in [-0.15, -0.1) is 0 Å². The van der Waals surface area contributed by atoms with Gasteiger partial charge in [-0.05, 0) is 26.7 Å². The normalized spacial score (nSPS) is 34.9. The number of nitrogens with zero attached hydrogens (tertiary/aromatic N) is 1. The number of ether oxygens (including phenoxy) is 1. The van der Waals surface area contributed by atoms with E-state index < -0.39 is 18.1 Å². The molecule has 1 aliphatic heterocycles. The molecule has 0 unspecified atom stereocenters. The van der Waals surface area contributed by atoms with Crippen LogP contribution in [-0.2, 0) is 4.74 Å². The second kappa shape index (κ2) is 4.78. The van der Waals surface area contributed by atoms with Crippen molar-refractivity contribution >= 4 is 0 Å². The number of alkyl halides is 2. The summed E-state index contributed by atoms with van der Waals surface area (Å²) in [6.45, 7) is 5.92. The van der Waals surface area contributed by atoms with Crippen LogP contribution in [-0.4, -0.2) is 48.2 Å². The Kier molecular flexibility index (Phi) is 3.71. The van der Waals surface area contributed by atoms with Gasteiger partial charge in [0, 0.05) is 25.6 Å². The van der Waals surface area contributed by atoms with Gasteiger partial charge in [0.05, 0.1) is 18.2 Å². The van der Waals surface area contributed by atoms with Crippen molar-refractivity contribution in [3.8, 4) is 0 Å². The molecule has 0 spiro atoms. The van der Waals surface area contributed by atoms with E-state index in [1.807, 2.05) is 0 Å². The van der Waals surface area contributed by atoms with Gasteiger partial charge < -0.3 is 10.5 Å². The molecular formula is C12H22F2N2O. The first-order valence-corrected chi connectivity index (χ1v) is 6.43. The predicted octanol–water partition coefficient (Wildman–Crippen LogP) is 1.61. The van der Waals surface area contributed by atoms with Gasteiger partial charge in [-0.2, -0.15) is 0 Å². The standard InChI is InChI=1S/C12H22F2N2O/c1-8(2)16-6-9(7-16)17-10-4-3-5-12(13,14)11(10)15/h8-11H,3-7,15H2,1-2H3/t10-,11+/m0/s1. The van der Waals surface area contributed by atoms with Gasteiger partial charge >= 0.3 is 0 Å². The molecule has 0 bridgehead atoms. The van der Waals surface area contributed by atoms with E-state index in [-0.39, 0.29) is 12.5 Å². The first-order valence-electron chi connectivity index (χ1n) is 6.43. The summed E-state index contributed by atoms with van der Waals surface area (Å²) in [5.74, 6) is -2.76. The van der Waals surface area contributed by atoms with Gasteiger partial charge in [-0.3, -0.25) is 4.90 Å². The summed E-state index contributed by atoms with van der Waals surface area (Å²) in [7, 11) is 0. The molecule has 3 nitrogen and oxygen atoms in total. The Morgan fingerprint density at radius 2 is 2.00 bits per heavy atom. The van der Waals surface area contributed by atoms with Crippen LogP contribution in [0.4, 0.5) is 8.78 Å². The Bertz CT molecular complexity index is 267. The van der Waals surface area contributed by atoms with Crippen LogP contribution in [0.1, 0.15) is 33.1 Å². The Morgan fingerprint density at radius 1 is 1.35 bits per heavy atom. The zero-order chi connectivity index (χ0) is 12.6. The molecule has 0 aromatic heterocycles. The average molecular weight is 248 g/mol. The van der Waals surface area contributed by atoms with Gasteiger partial charge in [-0.25, -0.2) is 8.78 Å². The highest BCUT2D eigenvalue weighted by atomic mass is 19.3. The second-order valence-electron chi connectivity index (χ2n) is 5.52. The third-order valence-electron chi connectivity index (χ3n) is 3.86. The molecule has 0 aromatic carbocycles. The van der Waals surface area contributed by atoms with E-state index in [4.69, 9.17) is 10.5 Å². The van der Waals surface area contributed by atoms with Crippen molar-refractivity contribution < 1.29 is 13.5 Å². The van der Waals surface area contributed by atoms with Gasteiger partial charge in [0.15, 0.2) is 0 Å². The lowest BCUT2D eigenvalue weighted by Gasteiger charge is -2.45. The molecule has 17 heavy (non-hydrogen) atoms. The summed E-state index contributed by atoms with van der Waals surface area (Å²) < 4.78 is 32.5. The molecule has 0 amide bonds. The van der Waals surface area contributed by atoms with Crippen molar-refractivity contribution in [1.29, 1.82) is 0 Å². The Morgan fingerprint density at radius 3 is 2.59 bits per heavy atom. The van der Waals surface area contributed by atoms with Crippen LogP contribution in [0.5, 0.6) is 0 Å². The largest absolute Gasteiger partial charge is 0.370 e. The first kappa shape index (κ1) is 13.2. The molecule has 1 saturated carbocycles. The minimum atomic E-state index is -2.76. The number of rotatable bonds is 3. The molecule has 2 atom stereocenters. The number of hydrogen-bond acceptors (Lipinski definition) is 3. The summed E-state index contributed by atoms with van der Waals surface area (Å²) in [4.78, 5) is 2.26. The number of halogens is 2. The average Bonchev–Trinajstić information content (AvgIpc) is 2.16. The van der Waals surface area contributed by atoms with E-state index in [2.05, 4.69) is 18.7 Å². The van der Waals surface area contributed by atoms with Crippen LogP contribution in [0.15, 0.2) is 0 Å². The maximum atomic E-state index is 13.4. The molecule has 2 N–H and O–H groups in total. The fourth-order valence-corrected chi connectivity index (χ4v) is 2.53. The van der Waals surface area contributed by atoms with E-state index in [0.717, 1.165) is 13.1 Å². The third kappa shape index (κ3) is 2.77. The highest BCUT2D eigenvalue weighted by Crippen LogP contribution is 2.35. The highest BCUT2D eigenvalue weighted by molar-refractivity contribution is 4.94. The highest BCUT2D eigenvalue weighted by Gasteiger charge is 2.46. The number of likely N-dealkylation sites (tertiary alicyclic amines) is 1. The summed E-state index contributed by atoms with van der Waals surface area (Å²) in [5.41, 5.74) is 5.59. The number of nitrogens with two attached hydrogens (primary N) is 1. The second-order valence-corrected chi connectivity index (χ2v) is 5.52. The SMILES string of the molecule is CC(C)N1CC(O[C@H]2CCCC(F)(F)[C@@H]2N)C1. The molecule has 1 aliphatic carbocycles. The summed E-state index contributed by atoms with van der Waals surface area (Å²) in [6.07, 6.45) is 0.679. The lowest BCUT2D eigenvalue weighted by Crippen LogP contribution is -2.60. The van der Waals surface area contributed by atoms with Crippen LogP contribution in [0.2, 0.25) is 0 Å². The molecule has 0 radical (unpaired) electrons. The van der Waals surface area contributed by atoms with E-state index >= 15 is 0 Å². The van der Waals surface area contributed by atoms with Crippen molar-refractivity contribution in [3.63, 3.8) is 0 Å². The van der Waals surface area contributed by atoms with Crippen molar-refractivity contribution in [2.45, 2.75) is 63.3 Å². The van der Waals surface area contributed by atoms with Crippen LogP contribution in [0.3, 0.4) is 0 Å². The van der Waals surface area contributed by atoms with Crippen molar-refractivity contribution in [1.82, 2.24) is 4.90 Å². The topological polar surface area (TPSA) is 38.5 Å². The lowest BCUT2D eigenvalue weighted by molar-refractivity contribution is -0.161. The van der Waals surface area contributed by atoms with E-state index in [0.29, 0.717) is 18.9 Å². The van der Waals surface area contributed by atoms with Gasteiger partial charge in [0.25, 0.3) is 5.92 Å². The Balaban J connectivity index is 1.80. The fourth-order valence-electron chi connectivity index (χ4n) is 2.53. The maximum absolute atomic E-state index is 13.4. The molecule has 1 saturated heterocycles. The van der Waals surface area contributed by atoms with Crippen LogP contribution < -0.4 is 5.73 Å². The molecule has 1 heterocycles. The molecule has 2 fully saturated rings. The van der Waals surface area contributed by atoms with E-state index in [1.165, 1.54) is 0 Å². The zero-order valence-electron chi connectivity index (χ0n) is 10.5. The predicted molar refractivity (Wildman–Crippen MR) is 62.1 cm³/mol.